The molecule has 2 aromatic rings. The summed E-state index contributed by atoms with van der Waals surface area (Å²) >= 11 is 0. The highest BCUT2D eigenvalue weighted by Gasteiger charge is 2.23. The number of piperazine rings is 1. The maximum atomic E-state index is 12.7. The normalized spacial score (nSPS) is 16.2. The van der Waals surface area contributed by atoms with E-state index in [9.17, 15) is 4.79 Å². The van der Waals surface area contributed by atoms with Gasteiger partial charge < -0.3 is 24.6 Å². The van der Waals surface area contributed by atoms with Gasteiger partial charge in [0.15, 0.2) is 11.5 Å². The number of urea groups is 1. The summed E-state index contributed by atoms with van der Waals surface area (Å²) in [7, 11) is 0. The Hall–Kier alpha value is -2.89. The van der Waals surface area contributed by atoms with E-state index in [4.69, 9.17) is 9.47 Å². The Kier molecular flexibility index (Phi) is 4.79. The third-order valence-electron chi connectivity index (χ3n) is 5.17. The van der Waals surface area contributed by atoms with Crippen molar-refractivity contribution in [1.29, 1.82) is 0 Å². The van der Waals surface area contributed by atoms with Crippen molar-refractivity contribution in [2.45, 2.75) is 13.8 Å². The van der Waals surface area contributed by atoms with Gasteiger partial charge in [-0.25, -0.2) is 4.79 Å². The van der Waals surface area contributed by atoms with Gasteiger partial charge in [-0.3, -0.25) is 0 Å². The second kappa shape index (κ2) is 7.39. The molecule has 0 radical (unpaired) electrons. The van der Waals surface area contributed by atoms with Crippen molar-refractivity contribution in [3.05, 3.63) is 47.5 Å². The maximum absolute atomic E-state index is 12.7. The number of hydrogen-bond acceptors (Lipinski definition) is 4. The van der Waals surface area contributed by atoms with Gasteiger partial charge in [0.1, 0.15) is 13.2 Å². The van der Waals surface area contributed by atoms with E-state index >= 15 is 0 Å². The first kappa shape index (κ1) is 17.5. The Morgan fingerprint density at radius 3 is 2.30 bits per heavy atom. The Balaban J connectivity index is 1.38. The van der Waals surface area contributed by atoms with E-state index in [0.717, 1.165) is 47.1 Å². The minimum Gasteiger partial charge on any atom is -0.486 e. The Morgan fingerprint density at radius 1 is 0.926 bits per heavy atom. The molecule has 1 saturated heterocycles. The fraction of sp³-hybridized carbons (Fsp3) is 0.381. The van der Waals surface area contributed by atoms with Gasteiger partial charge in [-0.05, 0) is 37.1 Å². The third-order valence-corrected chi connectivity index (χ3v) is 5.17. The van der Waals surface area contributed by atoms with Gasteiger partial charge in [-0.2, -0.15) is 0 Å². The van der Waals surface area contributed by atoms with Gasteiger partial charge in [-0.15, -0.1) is 0 Å². The number of anilines is 2. The Bertz CT molecular complexity index is 824. The second-order valence-electron chi connectivity index (χ2n) is 7.00. The lowest BCUT2D eigenvalue weighted by Crippen LogP contribution is -2.50. The third kappa shape index (κ3) is 3.65. The largest absolute Gasteiger partial charge is 0.486 e. The number of carbonyl (C=O) groups is 1. The number of hydrogen-bond donors (Lipinski definition) is 1. The molecule has 0 aromatic heterocycles. The zero-order valence-corrected chi connectivity index (χ0v) is 15.8. The smallest absolute Gasteiger partial charge is 0.321 e. The molecule has 2 aromatic carbocycles. The van der Waals surface area contributed by atoms with E-state index in [0.29, 0.717) is 26.3 Å². The van der Waals surface area contributed by atoms with Gasteiger partial charge in [-0.1, -0.05) is 18.2 Å². The van der Waals surface area contributed by atoms with E-state index in [1.165, 1.54) is 0 Å². The number of nitrogens with zero attached hydrogens (tertiary/aromatic N) is 2. The molecule has 1 N–H and O–H groups in total. The van der Waals surface area contributed by atoms with Crippen LogP contribution >= 0.6 is 0 Å². The SMILES string of the molecule is Cc1cccc(C)c1NC(=O)N1CCN(c2ccc3c(c2)OCCO3)CC1. The molecule has 0 aliphatic carbocycles. The Labute approximate surface area is 159 Å². The second-order valence-corrected chi connectivity index (χ2v) is 7.00. The molecule has 0 saturated carbocycles. The zero-order chi connectivity index (χ0) is 18.8. The molecule has 27 heavy (non-hydrogen) atoms. The van der Waals surface area contributed by atoms with Crippen LogP contribution in [-0.2, 0) is 0 Å². The van der Waals surface area contributed by atoms with Crippen LogP contribution < -0.4 is 19.7 Å². The van der Waals surface area contributed by atoms with E-state index in [1.54, 1.807) is 0 Å². The summed E-state index contributed by atoms with van der Waals surface area (Å²) < 4.78 is 11.3. The van der Waals surface area contributed by atoms with Crippen molar-refractivity contribution in [3.63, 3.8) is 0 Å². The lowest BCUT2D eigenvalue weighted by Gasteiger charge is -2.36. The molecular formula is C21H25N3O3. The van der Waals surface area contributed by atoms with Gasteiger partial charge >= 0.3 is 6.03 Å². The molecule has 2 heterocycles. The van der Waals surface area contributed by atoms with Crippen LogP contribution in [0.15, 0.2) is 36.4 Å². The molecule has 1 fully saturated rings. The van der Waals surface area contributed by atoms with Crippen molar-refractivity contribution < 1.29 is 14.3 Å². The topological polar surface area (TPSA) is 54.0 Å². The van der Waals surface area contributed by atoms with E-state index in [2.05, 4.69) is 16.3 Å². The quantitative estimate of drug-likeness (QED) is 0.884. The monoisotopic (exact) mass is 367 g/mol. The number of rotatable bonds is 2. The van der Waals surface area contributed by atoms with Crippen LogP contribution in [0.3, 0.4) is 0 Å². The summed E-state index contributed by atoms with van der Waals surface area (Å²) in [5.74, 6) is 1.60. The number of benzene rings is 2. The van der Waals surface area contributed by atoms with Crippen LogP contribution in [-0.4, -0.2) is 50.3 Å². The predicted octanol–water partition coefficient (Wildman–Crippen LogP) is 3.43. The number of para-hydroxylation sites is 1. The van der Waals surface area contributed by atoms with E-state index in [-0.39, 0.29) is 6.03 Å². The maximum Gasteiger partial charge on any atom is 0.321 e. The molecule has 4 rings (SSSR count). The minimum absolute atomic E-state index is 0.0331. The lowest BCUT2D eigenvalue weighted by atomic mass is 10.1. The van der Waals surface area contributed by atoms with Crippen LogP contribution in [0.2, 0.25) is 0 Å². The molecular weight excluding hydrogens is 342 g/mol. The molecule has 0 unspecified atom stereocenters. The summed E-state index contributed by atoms with van der Waals surface area (Å²) in [5.41, 5.74) is 4.18. The van der Waals surface area contributed by atoms with Gasteiger partial charge in [0.05, 0.1) is 0 Å². The van der Waals surface area contributed by atoms with Crippen molar-refractivity contribution >= 4 is 17.4 Å². The average Bonchev–Trinajstić information content (AvgIpc) is 2.70. The summed E-state index contributed by atoms with van der Waals surface area (Å²) in [6.07, 6.45) is 0. The molecule has 0 atom stereocenters. The van der Waals surface area contributed by atoms with Crippen LogP contribution in [0, 0.1) is 13.8 Å². The Morgan fingerprint density at radius 2 is 1.59 bits per heavy atom. The number of amides is 2. The highest BCUT2D eigenvalue weighted by molar-refractivity contribution is 5.91. The van der Waals surface area contributed by atoms with Crippen molar-refractivity contribution in [1.82, 2.24) is 4.90 Å². The minimum atomic E-state index is -0.0331. The summed E-state index contributed by atoms with van der Waals surface area (Å²) in [6, 6.07) is 12.1. The van der Waals surface area contributed by atoms with Crippen molar-refractivity contribution in [2.75, 3.05) is 49.6 Å². The number of aryl methyl sites for hydroxylation is 2. The average molecular weight is 367 g/mol. The first-order chi connectivity index (χ1) is 13.1. The summed E-state index contributed by atoms with van der Waals surface area (Å²) in [5, 5.41) is 3.08. The first-order valence-electron chi connectivity index (χ1n) is 9.38. The zero-order valence-electron chi connectivity index (χ0n) is 15.8. The molecule has 0 spiro atoms. The number of nitrogens with one attached hydrogen (secondary N) is 1. The fourth-order valence-electron chi connectivity index (χ4n) is 3.59. The first-order valence-corrected chi connectivity index (χ1v) is 9.38. The van der Waals surface area contributed by atoms with Gasteiger partial charge in [0.25, 0.3) is 0 Å². The molecule has 0 bridgehead atoms. The summed E-state index contributed by atoms with van der Waals surface area (Å²) in [6.45, 7) is 8.17. The van der Waals surface area contributed by atoms with E-state index in [1.807, 2.05) is 49.1 Å². The number of ether oxygens (including phenoxy) is 2. The standard InChI is InChI=1S/C21H25N3O3/c1-15-4-3-5-16(2)20(15)22-21(25)24-10-8-23(9-11-24)17-6-7-18-19(14-17)27-13-12-26-18/h3-7,14H,8-13H2,1-2H3,(H,22,25). The van der Waals surface area contributed by atoms with Crippen LogP contribution in [0.1, 0.15) is 11.1 Å². The van der Waals surface area contributed by atoms with Gasteiger partial charge in [0.2, 0.25) is 0 Å². The van der Waals surface area contributed by atoms with Crippen molar-refractivity contribution in [3.8, 4) is 11.5 Å². The van der Waals surface area contributed by atoms with Gasteiger partial charge in [0, 0.05) is 43.6 Å². The van der Waals surface area contributed by atoms with E-state index < -0.39 is 0 Å². The molecule has 2 aliphatic heterocycles. The molecule has 2 aliphatic rings. The highest BCUT2D eigenvalue weighted by atomic mass is 16.6. The molecule has 6 nitrogen and oxygen atoms in total. The van der Waals surface area contributed by atoms with Crippen LogP contribution in [0.25, 0.3) is 0 Å². The predicted molar refractivity (Wildman–Crippen MR) is 106 cm³/mol. The number of fused-ring (bicyclic) bond motifs is 1. The number of carbonyl (C=O) groups excluding carboxylic acids is 1. The lowest BCUT2D eigenvalue weighted by molar-refractivity contribution is 0.171. The fourth-order valence-corrected chi connectivity index (χ4v) is 3.59. The summed E-state index contributed by atoms with van der Waals surface area (Å²) in [4.78, 5) is 16.8. The molecule has 6 heteroatoms. The molecule has 2 amide bonds. The van der Waals surface area contributed by atoms with Crippen LogP contribution in [0.4, 0.5) is 16.2 Å². The van der Waals surface area contributed by atoms with Crippen LogP contribution in [0.5, 0.6) is 11.5 Å². The van der Waals surface area contributed by atoms with Crippen molar-refractivity contribution in [2.24, 2.45) is 0 Å². The molecule has 142 valence electrons. The highest BCUT2D eigenvalue weighted by Crippen LogP contribution is 2.34.